The van der Waals surface area contributed by atoms with E-state index in [4.69, 9.17) is 9.47 Å². The molecule has 1 amide bonds. The van der Waals surface area contributed by atoms with E-state index in [-0.39, 0.29) is 5.82 Å². The Morgan fingerprint density at radius 2 is 1.68 bits per heavy atom. The van der Waals surface area contributed by atoms with Gasteiger partial charge < -0.3 is 14.4 Å². The van der Waals surface area contributed by atoms with Gasteiger partial charge >= 0.3 is 6.09 Å². The zero-order valence-electron chi connectivity index (χ0n) is 15.3. The summed E-state index contributed by atoms with van der Waals surface area (Å²) in [5.41, 5.74) is 3.36. The van der Waals surface area contributed by atoms with Gasteiger partial charge in [0, 0.05) is 13.1 Å². The van der Waals surface area contributed by atoms with Crippen LogP contribution in [0.5, 0.6) is 11.5 Å². The molecule has 0 radical (unpaired) electrons. The number of nitrogens with zero attached hydrogens (tertiary/aromatic N) is 1. The van der Waals surface area contributed by atoms with Crippen LogP contribution in [-0.4, -0.2) is 17.5 Å². The van der Waals surface area contributed by atoms with Crippen molar-refractivity contribution >= 4 is 6.09 Å². The Hall–Kier alpha value is -3.34. The lowest BCUT2D eigenvalue weighted by Gasteiger charge is -2.28. The molecule has 4 rings (SSSR count). The molecule has 0 aromatic heterocycles. The van der Waals surface area contributed by atoms with Gasteiger partial charge in [0.15, 0.2) is 0 Å². The lowest BCUT2D eigenvalue weighted by Crippen LogP contribution is -2.37. The molecule has 5 heteroatoms. The van der Waals surface area contributed by atoms with Crippen LogP contribution in [-0.2, 0) is 19.6 Å². The van der Waals surface area contributed by atoms with Crippen molar-refractivity contribution in [3.8, 4) is 11.5 Å². The lowest BCUT2D eigenvalue weighted by molar-refractivity contribution is 0.146. The Balaban J connectivity index is 1.40. The van der Waals surface area contributed by atoms with Gasteiger partial charge in [-0.2, -0.15) is 0 Å². The standard InChI is InChI=1S/C23H20FNO3/c24-20-7-10-21(11-8-20)28-23(26)25-13-12-18-6-9-22(14-19(18)15-25)27-16-17-4-2-1-3-5-17/h1-11,14H,12-13,15-16H2. The van der Waals surface area contributed by atoms with E-state index in [1.54, 1.807) is 4.90 Å². The summed E-state index contributed by atoms with van der Waals surface area (Å²) in [6, 6.07) is 21.4. The molecule has 1 heterocycles. The van der Waals surface area contributed by atoms with Crippen LogP contribution in [0.1, 0.15) is 16.7 Å². The second-order valence-corrected chi connectivity index (χ2v) is 6.70. The Bertz CT molecular complexity index is 957. The molecule has 0 fully saturated rings. The summed E-state index contributed by atoms with van der Waals surface area (Å²) in [6.07, 6.45) is 0.320. The second-order valence-electron chi connectivity index (χ2n) is 6.70. The molecular weight excluding hydrogens is 357 g/mol. The fourth-order valence-electron chi connectivity index (χ4n) is 3.19. The molecule has 3 aromatic rings. The number of carbonyl (C=O) groups is 1. The van der Waals surface area contributed by atoms with Crippen molar-refractivity contribution in [1.82, 2.24) is 4.90 Å². The van der Waals surface area contributed by atoms with Gasteiger partial charge in [0.25, 0.3) is 0 Å². The van der Waals surface area contributed by atoms with Gasteiger partial charge in [0.2, 0.25) is 0 Å². The minimum atomic E-state index is -0.437. The van der Waals surface area contributed by atoms with Crippen molar-refractivity contribution in [1.29, 1.82) is 0 Å². The Morgan fingerprint density at radius 1 is 0.929 bits per heavy atom. The first-order valence-electron chi connectivity index (χ1n) is 9.18. The zero-order chi connectivity index (χ0) is 19.3. The van der Waals surface area contributed by atoms with Gasteiger partial charge in [-0.1, -0.05) is 36.4 Å². The van der Waals surface area contributed by atoms with Gasteiger partial charge in [0.1, 0.15) is 23.9 Å². The van der Waals surface area contributed by atoms with Crippen LogP contribution in [0.25, 0.3) is 0 Å². The molecule has 0 unspecified atom stereocenters. The van der Waals surface area contributed by atoms with Crippen molar-refractivity contribution in [2.45, 2.75) is 19.6 Å². The predicted octanol–water partition coefficient (Wildman–Crippen LogP) is 4.96. The summed E-state index contributed by atoms with van der Waals surface area (Å²) in [5.74, 6) is 0.739. The largest absolute Gasteiger partial charge is 0.489 e. The summed E-state index contributed by atoms with van der Waals surface area (Å²) in [7, 11) is 0. The van der Waals surface area contributed by atoms with Crippen molar-refractivity contribution < 1.29 is 18.7 Å². The second kappa shape index (κ2) is 8.13. The summed E-state index contributed by atoms with van der Waals surface area (Å²) in [4.78, 5) is 14.1. The van der Waals surface area contributed by atoms with Gasteiger partial charge in [-0.15, -0.1) is 0 Å². The first-order chi connectivity index (χ1) is 13.7. The van der Waals surface area contributed by atoms with Gasteiger partial charge in [0.05, 0.1) is 0 Å². The van der Waals surface area contributed by atoms with Crippen LogP contribution < -0.4 is 9.47 Å². The van der Waals surface area contributed by atoms with Crippen molar-refractivity contribution in [2.75, 3.05) is 6.54 Å². The molecule has 1 aliphatic heterocycles. The number of benzene rings is 3. The van der Waals surface area contributed by atoms with Crippen molar-refractivity contribution in [3.05, 3.63) is 95.3 Å². The highest BCUT2D eigenvalue weighted by Gasteiger charge is 2.22. The first kappa shape index (κ1) is 18.0. The molecule has 4 nitrogen and oxygen atoms in total. The van der Waals surface area contributed by atoms with E-state index in [2.05, 4.69) is 6.07 Å². The van der Waals surface area contributed by atoms with Gasteiger partial charge in [-0.3, -0.25) is 0 Å². The third-order valence-corrected chi connectivity index (χ3v) is 4.72. The maximum absolute atomic E-state index is 13.0. The molecule has 0 saturated carbocycles. The monoisotopic (exact) mass is 377 g/mol. The normalized spacial score (nSPS) is 13.0. The molecule has 28 heavy (non-hydrogen) atoms. The Labute approximate surface area is 163 Å². The zero-order valence-corrected chi connectivity index (χ0v) is 15.3. The Kier molecular flexibility index (Phi) is 5.24. The quantitative estimate of drug-likeness (QED) is 0.645. The van der Waals surface area contributed by atoms with E-state index in [0.717, 1.165) is 23.3 Å². The van der Waals surface area contributed by atoms with Crippen LogP contribution in [0.3, 0.4) is 0 Å². The molecule has 0 saturated heterocycles. The third kappa shape index (κ3) is 4.31. The van der Waals surface area contributed by atoms with E-state index in [1.807, 2.05) is 42.5 Å². The highest BCUT2D eigenvalue weighted by atomic mass is 19.1. The molecule has 142 valence electrons. The molecule has 0 atom stereocenters. The summed E-state index contributed by atoms with van der Waals surface area (Å²) < 4.78 is 24.2. The number of ether oxygens (including phenoxy) is 2. The van der Waals surface area contributed by atoms with E-state index in [0.29, 0.717) is 25.4 Å². The fraction of sp³-hybridized carbons (Fsp3) is 0.174. The maximum Gasteiger partial charge on any atom is 0.415 e. The molecule has 0 aliphatic carbocycles. The van der Waals surface area contributed by atoms with Crippen LogP contribution in [0.4, 0.5) is 9.18 Å². The number of fused-ring (bicyclic) bond motifs is 1. The predicted molar refractivity (Wildman–Crippen MR) is 104 cm³/mol. The molecule has 3 aromatic carbocycles. The highest BCUT2D eigenvalue weighted by molar-refractivity contribution is 5.71. The third-order valence-electron chi connectivity index (χ3n) is 4.72. The van der Waals surface area contributed by atoms with E-state index < -0.39 is 6.09 Å². The van der Waals surface area contributed by atoms with Gasteiger partial charge in [-0.05, 0) is 59.5 Å². The van der Waals surface area contributed by atoms with E-state index in [1.165, 1.54) is 29.8 Å². The molecule has 0 spiro atoms. The number of carbonyl (C=O) groups excluding carboxylic acids is 1. The number of hydrogen-bond acceptors (Lipinski definition) is 3. The van der Waals surface area contributed by atoms with Crippen LogP contribution in [0.15, 0.2) is 72.8 Å². The van der Waals surface area contributed by atoms with Crippen molar-refractivity contribution in [2.24, 2.45) is 0 Å². The maximum atomic E-state index is 13.0. The topological polar surface area (TPSA) is 38.8 Å². The van der Waals surface area contributed by atoms with Crippen molar-refractivity contribution in [3.63, 3.8) is 0 Å². The minimum Gasteiger partial charge on any atom is -0.489 e. The van der Waals surface area contributed by atoms with Crippen LogP contribution in [0.2, 0.25) is 0 Å². The number of rotatable bonds is 4. The molecule has 0 bridgehead atoms. The average Bonchev–Trinajstić information content (AvgIpc) is 2.74. The molecule has 0 N–H and O–H groups in total. The van der Waals surface area contributed by atoms with Gasteiger partial charge in [-0.25, -0.2) is 9.18 Å². The average molecular weight is 377 g/mol. The van der Waals surface area contributed by atoms with Crippen LogP contribution in [0, 0.1) is 5.82 Å². The van der Waals surface area contributed by atoms with E-state index >= 15 is 0 Å². The summed E-state index contributed by atoms with van der Waals surface area (Å²) in [6.45, 7) is 1.53. The fourth-order valence-corrected chi connectivity index (χ4v) is 3.19. The smallest absolute Gasteiger partial charge is 0.415 e. The minimum absolute atomic E-state index is 0.331. The number of halogens is 1. The lowest BCUT2D eigenvalue weighted by atomic mass is 10.00. The first-order valence-corrected chi connectivity index (χ1v) is 9.18. The van der Waals surface area contributed by atoms with E-state index in [9.17, 15) is 9.18 Å². The summed E-state index contributed by atoms with van der Waals surface area (Å²) >= 11 is 0. The van der Waals surface area contributed by atoms with Crippen LogP contribution >= 0.6 is 0 Å². The molecule has 1 aliphatic rings. The number of amides is 1. The molecular formula is C23H20FNO3. The number of hydrogen-bond donors (Lipinski definition) is 0. The SMILES string of the molecule is O=C(Oc1ccc(F)cc1)N1CCc2ccc(OCc3ccccc3)cc2C1. The summed E-state index contributed by atoms with van der Waals surface area (Å²) in [5, 5.41) is 0. The Morgan fingerprint density at radius 3 is 2.46 bits per heavy atom. The highest BCUT2D eigenvalue weighted by Crippen LogP contribution is 2.25.